The monoisotopic (exact) mass is 341 g/mol. The molecule has 25 heavy (non-hydrogen) atoms. The van der Waals surface area contributed by atoms with E-state index in [1.165, 1.54) is 0 Å². The summed E-state index contributed by atoms with van der Waals surface area (Å²) in [5.41, 5.74) is 0.623. The first-order valence-corrected chi connectivity index (χ1v) is 8.62. The van der Waals surface area contributed by atoms with Crippen molar-refractivity contribution >= 4 is 17.5 Å². The van der Waals surface area contributed by atoms with Gasteiger partial charge in [-0.3, -0.25) is 9.59 Å². The van der Waals surface area contributed by atoms with Crippen molar-refractivity contribution in [2.75, 3.05) is 31.7 Å². The average Bonchev–Trinajstić information content (AvgIpc) is 2.59. The third-order valence-electron chi connectivity index (χ3n) is 5.35. The van der Waals surface area contributed by atoms with Gasteiger partial charge in [-0.05, 0) is 31.9 Å². The van der Waals surface area contributed by atoms with E-state index in [0.717, 1.165) is 19.3 Å². The second kappa shape index (κ2) is 6.85. The largest absolute Gasteiger partial charge is 0.384 e. The number of carbonyl (C=O) groups excluding carboxylic acids is 2. The van der Waals surface area contributed by atoms with Crippen LogP contribution in [0.1, 0.15) is 31.7 Å². The smallest absolute Gasteiger partial charge is 0.246 e. The van der Waals surface area contributed by atoms with Crippen LogP contribution in [-0.4, -0.2) is 49.6 Å². The Bertz CT molecular complexity index is 721. The Morgan fingerprint density at radius 1 is 1.40 bits per heavy atom. The number of ether oxygens (including phenoxy) is 1. The minimum atomic E-state index is -0.462. The number of anilines is 1. The van der Waals surface area contributed by atoms with Crippen LogP contribution in [0, 0.1) is 16.7 Å². The van der Waals surface area contributed by atoms with Gasteiger partial charge in [0.05, 0.1) is 23.3 Å². The summed E-state index contributed by atoms with van der Waals surface area (Å²) in [4.78, 5) is 29.1. The molecule has 6 heteroatoms. The molecule has 3 rings (SSSR count). The van der Waals surface area contributed by atoms with Crippen LogP contribution in [-0.2, 0) is 14.3 Å². The van der Waals surface area contributed by atoms with Crippen LogP contribution in [0.15, 0.2) is 24.3 Å². The Balaban J connectivity index is 1.80. The van der Waals surface area contributed by atoms with Gasteiger partial charge in [0, 0.05) is 19.7 Å². The molecule has 0 bridgehead atoms. The van der Waals surface area contributed by atoms with E-state index in [1.807, 2.05) is 13.0 Å². The molecule has 1 aliphatic carbocycles. The van der Waals surface area contributed by atoms with Gasteiger partial charge in [-0.1, -0.05) is 18.6 Å². The average molecular weight is 341 g/mol. The van der Waals surface area contributed by atoms with Crippen molar-refractivity contribution in [3.05, 3.63) is 29.8 Å². The van der Waals surface area contributed by atoms with Crippen LogP contribution in [0.5, 0.6) is 0 Å². The van der Waals surface area contributed by atoms with Crippen LogP contribution in [0.25, 0.3) is 0 Å². The Labute approximate surface area is 148 Å². The van der Waals surface area contributed by atoms with Crippen molar-refractivity contribution in [1.82, 2.24) is 4.90 Å². The molecule has 1 heterocycles. The molecule has 2 amide bonds. The van der Waals surface area contributed by atoms with Gasteiger partial charge in [-0.2, -0.15) is 5.26 Å². The summed E-state index contributed by atoms with van der Waals surface area (Å²) in [7, 11) is 1.61. The van der Waals surface area contributed by atoms with Crippen LogP contribution in [0.3, 0.4) is 0 Å². The molecule has 2 aliphatic rings. The van der Waals surface area contributed by atoms with Crippen LogP contribution in [0.2, 0.25) is 0 Å². The third-order valence-corrected chi connectivity index (χ3v) is 5.35. The molecule has 1 aliphatic heterocycles. The van der Waals surface area contributed by atoms with Crippen molar-refractivity contribution < 1.29 is 14.3 Å². The molecule has 2 fully saturated rings. The fourth-order valence-electron chi connectivity index (χ4n) is 3.76. The highest BCUT2D eigenvalue weighted by Crippen LogP contribution is 2.43. The number of hydrogen-bond donors (Lipinski definition) is 0. The maximum atomic E-state index is 13.0. The first-order chi connectivity index (χ1) is 12.0. The maximum absolute atomic E-state index is 13.0. The van der Waals surface area contributed by atoms with Crippen molar-refractivity contribution in [3.8, 4) is 6.07 Å². The SMILES string of the molecule is COCC1(C(=O)N2CC(=O)N(c3ccccc3C#N)C[C@H]2C)CCC1. The van der Waals surface area contributed by atoms with Crippen molar-refractivity contribution in [2.45, 2.75) is 32.2 Å². The number of carbonyl (C=O) groups is 2. The lowest BCUT2D eigenvalue weighted by Gasteiger charge is -2.47. The lowest BCUT2D eigenvalue weighted by Crippen LogP contribution is -2.61. The van der Waals surface area contributed by atoms with Gasteiger partial charge in [0.1, 0.15) is 12.6 Å². The molecule has 1 atom stereocenters. The first-order valence-electron chi connectivity index (χ1n) is 8.62. The lowest BCUT2D eigenvalue weighted by molar-refractivity contribution is -0.157. The standard InChI is InChI=1S/C19H23N3O3/c1-14-11-22(16-7-4-3-6-15(16)10-20)17(23)12-21(14)18(24)19(13-25-2)8-5-9-19/h3-4,6-7,14H,5,8-9,11-13H2,1-2H3/t14-/m1/s1. The molecular weight excluding hydrogens is 318 g/mol. The Kier molecular flexibility index (Phi) is 4.78. The Morgan fingerprint density at radius 2 is 2.12 bits per heavy atom. The van der Waals surface area contributed by atoms with Gasteiger partial charge in [0.2, 0.25) is 11.8 Å². The van der Waals surface area contributed by atoms with Gasteiger partial charge in [0.25, 0.3) is 0 Å². The van der Waals surface area contributed by atoms with E-state index in [-0.39, 0.29) is 24.4 Å². The fraction of sp³-hybridized carbons (Fsp3) is 0.526. The molecule has 0 radical (unpaired) electrons. The highest BCUT2D eigenvalue weighted by Gasteiger charge is 2.49. The normalized spacial score (nSPS) is 22.3. The summed E-state index contributed by atoms with van der Waals surface area (Å²) in [5, 5.41) is 9.28. The van der Waals surface area contributed by atoms with Crippen molar-refractivity contribution in [1.29, 1.82) is 5.26 Å². The highest BCUT2D eigenvalue weighted by atomic mass is 16.5. The predicted molar refractivity (Wildman–Crippen MR) is 92.8 cm³/mol. The van der Waals surface area contributed by atoms with E-state index in [0.29, 0.717) is 24.4 Å². The van der Waals surface area contributed by atoms with E-state index < -0.39 is 5.41 Å². The number of rotatable bonds is 4. The van der Waals surface area contributed by atoms with Crippen LogP contribution < -0.4 is 4.90 Å². The number of para-hydroxylation sites is 1. The number of nitrogens with zero attached hydrogens (tertiary/aromatic N) is 3. The molecule has 6 nitrogen and oxygen atoms in total. The summed E-state index contributed by atoms with van der Waals surface area (Å²) >= 11 is 0. The summed E-state index contributed by atoms with van der Waals surface area (Å²) in [6.07, 6.45) is 2.66. The van der Waals surface area contributed by atoms with E-state index in [1.54, 1.807) is 35.1 Å². The van der Waals surface area contributed by atoms with Crippen molar-refractivity contribution in [2.24, 2.45) is 5.41 Å². The second-order valence-corrected chi connectivity index (χ2v) is 6.98. The van der Waals surface area contributed by atoms with Gasteiger partial charge in [-0.15, -0.1) is 0 Å². The first kappa shape index (κ1) is 17.4. The molecule has 1 saturated heterocycles. The lowest BCUT2D eigenvalue weighted by atomic mass is 9.68. The van der Waals surface area contributed by atoms with Gasteiger partial charge < -0.3 is 14.5 Å². The third kappa shape index (κ3) is 3.00. The van der Waals surface area contributed by atoms with E-state index in [9.17, 15) is 14.9 Å². The topological polar surface area (TPSA) is 73.6 Å². The molecule has 0 unspecified atom stereocenters. The number of nitriles is 1. The summed E-state index contributed by atoms with van der Waals surface area (Å²) in [6.45, 7) is 2.80. The van der Waals surface area contributed by atoms with E-state index in [4.69, 9.17) is 4.74 Å². The fourth-order valence-corrected chi connectivity index (χ4v) is 3.76. The van der Waals surface area contributed by atoms with Crippen molar-refractivity contribution in [3.63, 3.8) is 0 Å². The number of hydrogen-bond acceptors (Lipinski definition) is 4. The van der Waals surface area contributed by atoms with Gasteiger partial charge in [0.15, 0.2) is 0 Å². The number of benzene rings is 1. The molecule has 0 spiro atoms. The van der Waals surface area contributed by atoms with E-state index in [2.05, 4.69) is 6.07 Å². The summed E-state index contributed by atoms with van der Waals surface area (Å²) in [5.74, 6) is -0.129. The molecule has 0 N–H and O–H groups in total. The van der Waals surface area contributed by atoms with Crippen LogP contribution in [0.4, 0.5) is 5.69 Å². The zero-order valence-corrected chi connectivity index (χ0v) is 14.7. The summed E-state index contributed by atoms with van der Waals surface area (Å²) < 4.78 is 5.26. The van der Waals surface area contributed by atoms with Crippen LogP contribution >= 0.6 is 0 Å². The maximum Gasteiger partial charge on any atom is 0.246 e. The molecular formula is C19H23N3O3. The number of amides is 2. The minimum Gasteiger partial charge on any atom is -0.384 e. The second-order valence-electron chi connectivity index (χ2n) is 6.98. The molecule has 1 aromatic carbocycles. The highest BCUT2D eigenvalue weighted by molar-refractivity contribution is 6.00. The Hall–Kier alpha value is -2.39. The zero-order chi connectivity index (χ0) is 18.0. The zero-order valence-electron chi connectivity index (χ0n) is 14.7. The molecule has 132 valence electrons. The van der Waals surface area contributed by atoms with E-state index >= 15 is 0 Å². The van der Waals surface area contributed by atoms with Gasteiger partial charge >= 0.3 is 0 Å². The number of methoxy groups -OCH3 is 1. The molecule has 1 aromatic rings. The predicted octanol–water partition coefficient (Wildman–Crippen LogP) is 1.94. The van der Waals surface area contributed by atoms with Gasteiger partial charge in [-0.25, -0.2) is 0 Å². The molecule has 0 aromatic heterocycles. The number of piperazine rings is 1. The summed E-state index contributed by atoms with van der Waals surface area (Å²) in [6, 6.07) is 9.09. The minimum absolute atomic E-state index is 0.0228. The molecule has 1 saturated carbocycles. The quantitative estimate of drug-likeness (QED) is 0.839. The Morgan fingerprint density at radius 3 is 2.72 bits per heavy atom.